The highest BCUT2D eigenvalue weighted by Gasteiger charge is 2.24. The van der Waals surface area contributed by atoms with Gasteiger partial charge in [0.25, 0.3) is 0 Å². The third-order valence-corrected chi connectivity index (χ3v) is 2.85. The molecule has 0 bridgehead atoms. The van der Waals surface area contributed by atoms with Crippen molar-refractivity contribution < 1.29 is 14.1 Å². The Kier molecular flexibility index (Phi) is 3.20. The third kappa shape index (κ3) is 2.45. The predicted octanol–water partition coefficient (Wildman–Crippen LogP) is 0.604. The Labute approximate surface area is 109 Å². The second-order valence-electron chi connectivity index (χ2n) is 4.06. The van der Waals surface area contributed by atoms with E-state index in [1.165, 1.54) is 0 Å². The van der Waals surface area contributed by atoms with Crippen molar-refractivity contribution >= 4 is 5.91 Å². The summed E-state index contributed by atoms with van der Waals surface area (Å²) in [4.78, 5) is 21.8. The van der Waals surface area contributed by atoms with Crippen molar-refractivity contribution in [2.24, 2.45) is 0 Å². The summed E-state index contributed by atoms with van der Waals surface area (Å²) in [5, 5.41) is 3.81. The summed E-state index contributed by atoms with van der Waals surface area (Å²) in [6.45, 7) is 2.17. The average molecular weight is 260 g/mol. The molecule has 1 saturated heterocycles. The van der Waals surface area contributed by atoms with Gasteiger partial charge in [0.1, 0.15) is 0 Å². The van der Waals surface area contributed by atoms with Crippen molar-refractivity contribution in [2.75, 3.05) is 26.3 Å². The van der Waals surface area contributed by atoms with E-state index in [1.807, 2.05) is 0 Å². The van der Waals surface area contributed by atoms with E-state index in [0.29, 0.717) is 32.1 Å². The van der Waals surface area contributed by atoms with E-state index < -0.39 is 0 Å². The van der Waals surface area contributed by atoms with Gasteiger partial charge >= 0.3 is 11.8 Å². The minimum atomic E-state index is -0.254. The number of carbonyl (C=O) groups excluding carboxylic acids is 1. The summed E-state index contributed by atoms with van der Waals surface area (Å²) in [6.07, 6.45) is 3.27. The van der Waals surface area contributed by atoms with Gasteiger partial charge < -0.3 is 14.2 Å². The molecule has 0 unspecified atom stereocenters. The molecule has 0 N–H and O–H groups in total. The maximum atomic E-state index is 12.1. The maximum absolute atomic E-state index is 12.1. The molecule has 3 rings (SSSR count). The van der Waals surface area contributed by atoms with E-state index in [2.05, 4.69) is 15.1 Å². The SMILES string of the molecule is O=C(c1nc(-c2ccncc2)no1)N1CCOCC1. The molecule has 19 heavy (non-hydrogen) atoms. The highest BCUT2D eigenvalue weighted by atomic mass is 16.5. The number of morpholine rings is 1. The van der Waals surface area contributed by atoms with Crippen LogP contribution in [0.15, 0.2) is 29.0 Å². The van der Waals surface area contributed by atoms with Gasteiger partial charge in [0.05, 0.1) is 13.2 Å². The first-order valence-electron chi connectivity index (χ1n) is 5.96. The van der Waals surface area contributed by atoms with Crippen LogP contribution in [0, 0.1) is 0 Å². The number of rotatable bonds is 2. The molecule has 7 heteroatoms. The van der Waals surface area contributed by atoms with Crippen LogP contribution in [0.4, 0.5) is 0 Å². The molecule has 1 aliphatic rings. The summed E-state index contributed by atoms with van der Waals surface area (Å²) in [5.41, 5.74) is 0.764. The number of hydrogen-bond acceptors (Lipinski definition) is 6. The number of amides is 1. The smallest absolute Gasteiger partial charge is 0.316 e. The van der Waals surface area contributed by atoms with Gasteiger partial charge in [-0.25, -0.2) is 0 Å². The Morgan fingerprint density at radius 1 is 1.21 bits per heavy atom. The summed E-state index contributed by atoms with van der Waals surface area (Å²) in [7, 11) is 0. The lowest BCUT2D eigenvalue weighted by atomic mass is 10.2. The van der Waals surface area contributed by atoms with Gasteiger partial charge in [0, 0.05) is 31.0 Å². The standard InChI is InChI=1S/C12H12N4O3/c17-12(16-5-7-18-8-6-16)11-14-10(15-19-11)9-1-3-13-4-2-9/h1-4H,5-8H2. The molecule has 0 aliphatic carbocycles. The molecule has 0 radical (unpaired) electrons. The van der Waals surface area contributed by atoms with Crippen LogP contribution in [0.25, 0.3) is 11.4 Å². The van der Waals surface area contributed by atoms with Gasteiger partial charge in [-0.1, -0.05) is 5.16 Å². The highest BCUT2D eigenvalue weighted by Crippen LogP contribution is 2.15. The fraction of sp³-hybridized carbons (Fsp3) is 0.333. The zero-order chi connectivity index (χ0) is 13.1. The molecule has 0 spiro atoms. The molecule has 0 aromatic carbocycles. The zero-order valence-corrected chi connectivity index (χ0v) is 10.2. The number of pyridine rings is 1. The lowest BCUT2D eigenvalue weighted by Crippen LogP contribution is -2.40. The normalized spacial score (nSPS) is 15.5. The van der Waals surface area contributed by atoms with Gasteiger partial charge in [-0.05, 0) is 12.1 Å². The van der Waals surface area contributed by atoms with E-state index >= 15 is 0 Å². The van der Waals surface area contributed by atoms with Crippen molar-refractivity contribution in [1.29, 1.82) is 0 Å². The van der Waals surface area contributed by atoms with Crippen LogP contribution in [0.5, 0.6) is 0 Å². The van der Waals surface area contributed by atoms with Crippen molar-refractivity contribution in [3.05, 3.63) is 30.4 Å². The van der Waals surface area contributed by atoms with Crippen molar-refractivity contribution in [3.63, 3.8) is 0 Å². The van der Waals surface area contributed by atoms with E-state index in [0.717, 1.165) is 5.56 Å². The van der Waals surface area contributed by atoms with Gasteiger partial charge in [0.2, 0.25) is 5.82 Å². The first kappa shape index (κ1) is 11.8. The van der Waals surface area contributed by atoms with Crippen LogP contribution in [0.3, 0.4) is 0 Å². The number of ether oxygens (including phenoxy) is 1. The van der Waals surface area contributed by atoms with Crippen LogP contribution >= 0.6 is 0 Å². The molecule has 2 aromatic rings. The van der Waals surface area contributed by atoms with Crippen LogP contribution < -0.4 is 0 Å². The topological polar surface area (TPSA) is 81.3 Å². The molecule has 1 fully saturated rings. The van der Waals surface area contributed by atoms with E-state index in [1.54, 1.807) is 29.4 Å². The quantitative estimate of drug-likeness (QED) is 0.786. The molecule has 2 aromatic heterocycles. The van der Waals surface area contributed by atoms with Gasteiger partial charge in [-0.3, -0.25) is 9.78 Å². The van der Waals surface area contributed by atoms with Crippen LogP contribution in [-0.2, 0) is 4.74 Å². The number of aromatic nitrogens is 3. The Morgan fingerprint density at radius 3 is 2.68 bits per heavy atom. The fourth-order valence-corrected chi connectivity index (χ4v) is 1.83. The van der Waals surface area contributed by atoms with Crippen LogP contribution in [0.1, 0.15) is 10.7 Å². The first-order chi connectivity index (χ1) is 9.34. The molecule has 0 atom stereocenters. The molecule has 1 aliphatic heterocycles. The Hall–Kier alpha value is -2.28. The van der Waals surface area contributed by atoms with Gasteiger partial charge in [0.15, 0.2) is 0 Å². The minimum absolute atomic E-state index is 0.00807. The molecule has 3 heterocycles. The largest absolute Gasteiger partial charge is 0.378 e. The van der Waals surface area contributed by atoms with Crippen molar-refractivity contribution in [3.8, 4) is 11.4 Å². The van der Waals surface area contributed by atoms with E-state index in [4.69, 9.17) is 9.26 Å². The molecule has 98 valence electrons. The third-order valence-electron chi connectivity index (χ3n) is 2.85. The monoisotopic (exact) mass is 260 g/mol. The minimum Gasteiger partial charge on any atom is -0.378 e. The van der Waals surface area contributed by atoms with E-state index in [-0.39, 0.29) is 11.8 Å². The fourth-order valence-electron chi connectivity index (χ4n) is 1.83. The molecule has 1 amide bonds. The van der Waals surface area contributed by atoms with E-state index in [9.17, 15) is 4.79 Å². The Morgan fingerprint density at radius 2 is 1.95 bits per heavy atom. The summed E-state index contributed by atoms with van der Waals surface area (Å²) < 4.78 is 10.2. The second kappa shape index (κ2) is 5.15. The Bertz CT molecular complexity index is 563. The number of carbonyl (C=O) groups is 1. The first-order valence-corrected chi connectivity index (χ1v) is 5.96. The van der Waals surface area contributed by atoms with Gasteiger partial charge in [-0.15, -0.1) is 0 Å². The predicted molar refractivity (Wildman–Crippen MR) is 64.3 cm³/mol. The van der Waals surface area contributed by atoms with Crippen LogP contribution in [-0.4, -0.2) is 52.2 Å². The molecule has 0 saturated carbocycles. The molecular weight excluding hydrogens is 248 g/mol. The van der Waals surface area contributed by atoms with Crippen molar-refractivity contribution in [2.45, 2.75) is 0 Å². The number of hydrogen-bond donors (Lipinski definition) is 0. The number of nitrogens with zero attached hydrogens (tertiary/aromatic N) is 4. The Balaban J connectivity index is 1.79. The summed E-state index contributed by atoms with van der Waals surface area (Å²) in [5.74, 6) is 0.142. The average Bonchev–Trinajstić information content (AvgIpc) is 2.98. The highest BCUT2D eigenvalue weighted by molar-refractivity contribution is 5.90. The molecular formula is C12H12N4O3. The van der Waals surface area contributed by atoms with Crippen molar-refractivity contribution in [1.82, 2.24) is 20.0 Å². The second-order valence-corrected chi connectivity index (χ2v) is 4.06. The summed E-state index contributed by atoms with van der Waals surface area (Å²) in [6, 6.07) is 3.52. The maximum Gasteiger partial charge on any atom is 0.316 e. The lowest BCUT2D eigenvalue weighted by molar-refractivity contribution is 0.0272. The summed E-state index contributed by atoms with van der Waals surface area (Å²) >= 11 is 0. The van der Waals surface area contributed by atoms with Crippen LogP contribution in [0.2, 0.25) is 0 Å². The zero-order valence-electron chi connectivity index (χ0n) is 10.2. The lowest BCUT2D eigenvalue weighted by Gasteiger charge is -2.25. The molecule has 7 nitrogen and oxygen atoms in total. The van der Waals surface area contributed by atoms with Gasteiger partial charge in [-0.2, -0.15) is 4.98 Å².